The van der Waals surface area contributed by atoms with Crippen molar-refractivity contribution in [2.45, 2.75) is 13.5 Å². The molecule has 2 rings (SSSR count). The van der Waals surface area contributed by atoms with E-state index in [9.17, 15) is 0 Å². The molecule has 0 saturated heterocycles. The lowest BCUT2D eigenvalue weighted by atomic mass is 10.2. The molecule has 2 N–H and O–H groups in total. The van der Waals surface area contributed by atoms with E-state index < -0.39 is 0 Å². The van der Waals surface area contributed by atoms with Gasteiger partial charge in [-0.2, -0.15) is 0 Å². The average molecular weight is 214 g/mol. The highest BCUT2D eigenvalue weighted by atomic mass is 16.5. The number of nitrogens with two attached hydrogens (primary N) is 1. The van der Waals surface area contributed by atoms with Crippen LogP contribution in [-0.4, -0.2) is 4.98 Å². The molecule has 0 radical (unpaired) electrons. The molecule has 82 valence electrons. The van der Waals surface area contributed by atoms with Crippen LogP contribution < -0.4 is 10.5 Å². The number of ether oxygens (including phenoxy) is 1. The molecule has 0 saturated carbocycles. The summed E-state index contributed by atoms with van der Waals surface area (Å²) >= 11 is 0. The number of hydrogen-bond acceptors (Lipinski definition) is 3. The van der Waals surface area contributed by atoms with E-state index in [4.69, 9.17) is 10.5 Å². The van der Waals surface area contributed by atoms with Crippen LogP contribution in [0, 0.1) is 6.92 Å². The predicted octanol–water partition coefficient (Wildman–Crippen LogP) is 2.64. The van der Waals surface area contributed by atoms with Crippen molar-refractivity contribution in [2.24, 2.45) is 5.73 Å². The van der Waals surface area contributed by atoms with Gasteiger partial charge in [-0.15, -0.1) is 0 Å². The zero-order chi connectivity index (χ0) is 11.4. The third kappa shape index (κ3) is 2.58. The minimum atomic E-state index is 0.512. The molecule has 0 aliphatic carbocycles. The van der Waals surface area contributed by atoms with E-state index in [-0.39, 0.29) is 0 Å². The second-order valence-corrected chi connectivity index (χ2v) is 3.63. The van der Waals surface area contributed by atoms with Crippen molar-refractivity contribution >= 4 is 0 Å². The normalized spacial score (nSPS) is 10.1. The highest BCUT2D eigenvalue weighted by molar-refractivity contribution is 5.32. The van der Waals surface area contributed by atoms with Gasteiger partial charge in [0.25, 0.3) is 0 Å². The summed E-state index contributed by atoms with van der Waals surface area (Å²) in [5.74, 6) is 1.37. The lowest BCUT2D eigenvalue weighted by molar-refractivity contribution is 0.462. The number of benzene rings is 1. The molecule has 0 amide bonds. The number of aryl methyl sites for hydroxylation is 1. The van der Waals surface area contributed by atoms with Crippen LogP contribution in [0.3, 0.4) is 0 Å². The largest absolute Gasteiger partial charge is 0.439 e. The molecule has 0 aliphatic heterocycles. The Balaban J connectivity index is 2.20. The van der Waals surface area contributed by atoms with Crippen LogP contribution in [0.5, 0.6) is 11.6 Å². The van der Waals surface area contributed by atoms with Crippen molar-refractivity contribution in [2.75, 3.05) is 0 Å². The molecule has 0 spiro atoms. The fourth-order valence-electron chi connectivity index (χ4n) is 1.42. The average Bonchev–Trinajstić information content (AvgIpc) is 2.29. The van der Waals surface area contributed by atoms with Crippen LogP contribution in [0.15, 0.2) is 42.6 Å². The number of nitrogens with zero attached hydrogens (tertiary/aromatic N) is 1. The van der Waals surface area contributed by atoms with Crippen molar-refractivity contribution < 1.29 is 4.74 Å². The third-order valence-corrected chi connectivity index (χ3v) is 2.25. The van der Waals surface area contributed by atoms with Gasteiger partial charge in [-0.25, -0.2) is 4.98 Å². The van der Waals surface area contributed by atoms with Gasteiger partial charge in [-0.05, 0) is 36.2 Å². The maximum absolute atomic E-state index is 5.64. The second kappa shape index (κ2) is 4.77. The first-order valence-electron chi connectivity index (χ1n) is 5.17. The molecule has 0 fully saturated rings. The molecule has 3 heteroatoms. The Kier molecular flexibility index (Phi) is 3.17. The molecule has 1 aromatic heterocycles. The molecule has 1 heterocycles. The van der Waals surface area contributed by atoms with Gasteiger partial charge in [0.15, 0.2) is 0 Å². The first-order valence-corrected chi connectivity index (χ1v) is 5.17. The summed E-state index contributed by atoms with van der Waals surface area (Å²) in [5.41, 5.74) is 7.74. The zero-order valence-electron chi connectivity index (χ0n) is 9.18. The Labute approximate surface area is 94.9 Å². The molecular weight excluding hydrogens is 200 g/mol. The van der Waals surface area contributed by atoms with Crippen molar-refractivity contribution in [1.82, 2.24) is 4.98 Å². The lowest BCUT2D eigenvalue weighted by Crippen LogP contribution is -1.96. The number of pyridine rings is 1. The fraction of sp³-hybridized carbons (Fsp3) is 0.154. The molecule has 0 bridgehead atoms. The van der Waals surface area contributed by atoms with Crippen molar-refractivity contribution in [3.63, 3.8) is 0 Å². The van der Waals surface area contributed by atoms with E-state index >= 15 is 0 Å². The number of aromatic nitrogens is 1. The van der Waals surface area contributed by atoms with Gasteiger partial charge in [0.1, 0.15) is 5.75 Å². The topological polar surface area (TPSA) is 48.1 Å². The first kappa shape index (κ1) is 10.6. The monoisotopic (exact) mass is 214 g/mol. The standard InChI is InChI=1S/C13H14N2O/c1-10-5-6-15-13(7-10)16-12-4-2-3-11(8-12)9-14/h2-8H,9,14H2,1H3. The summed E-state index contributed by atoms with van der Waals surface area (Å²) < 4.78 is 5.64. The summed E-state index contributed by atoms with van der Waals surface area (Å²) in [4.78, 5) is 4.14. The summed E-state index contributed by atoms with van der Waals surface area (Å²) in [7, 11) is 0. The van der Waals surface area contributed by atoms with Gasteiger partial charge >= 0.3 is 0 Å². The summed E-state index contributed by atoms with van der Waals surface area (Å²) in [6, 6.07) is 11.5. The van der Waals surface area contributed by atoms with Gasteiger partial charge in [0.2, 0.25) is 5.88 Å². The maximum Gasteiger partial charge on any atom is 0.219 e. The minimum absolute atomic E-state index is 0.512. The fourth-order valence-corrected chi connectivity index (χ4v) is 1.42. The van der Waals surface area contributed by atoms with Gasteiger partial charge in [-0.3, -0.25) is 0 Å². The number of hydrogen-bond donors (Lipinski definition) is 1. The summed E-state index contributed by atoms with van der Waals surface area (Å²) in [5, 5.41) is 0. The Hall–Kier alpha value is -1.87. The Morgan fingerprint density at radius 2 is 2.12 bits per heavy atom. The highest BCUT2D eigenvalue weighted by Gasteiger charge is 1.99. The second-order valence-electron chi connectivity index (χ2n) is 3.63. The minimum Gasteiger partial charge on any atom is -0.439 e. The van der Waals surface area contributed by atoms with Gasteiger partial charge in [0.05, 0.1) is 0 Å². The van der Waals surface area contributed by atoms with E-state index in [2.05, 4.69) is 4.98 Å². The molecule has 3 nitrogen and oxygen atoms in total. The Bertz CT molecular complexity index is 483. The molecule has 0 aliphatic rings. The Morgan fingerprint density at radius 1 is 1.25 bits per heavy atom. The molecule has 0 atom stereocenters. The lowest BCUT2D eigenvalue weighted by Gasteiger charge is -2.06. The van der Waals surface area contributed by atoms with Crippen molar-refractivity contribution in [1.29, 1.82) is 0 Å². The van der Waals surface area contributed by atoms with Crippen molar-refractivity contribution in [3.05, 3.63) is 53.7 Å². The third-order valence-electron chi connectivity index (χ3n) is 2.25. The predicted molar refractivity (Wildman–Crippen MR) is 63.4 cm³/mol. The van der Waals surface area contributed by atoms with Crippen LogP contribution in [0.25, 0.3) is 0 Å². The molecular formula is C13H14N2O. The summed E-state index contributed by atoms with van der Waals surface area (Å²) in [6.45, 7) is 2.52. The number of rotatable bonds is 3. The van der Waals surface area contributed by atoms with Crippen molar-refractivity contribution in [3.8, 4) is 11.6 Å². The molecule has 16 heavy (non-hydrogen) atoms. The maximum atomic E-state index is 5.64. The van der Waals surface area contributed by atoms with Crippen LogP contribution in [0.1, 0.15) is 11.1 Å². The molecule has 2 aromatic rings. The van der Waals surface area contributed by atoms with E-state index in [1.165, 1.54) is 0 Å². The Morgan fingerprint density at radius 3 is 2.88 bits per heavy atom. The quantitative estimate of drug-likeness (QED) is 0.854. The highest BCUT2D eigenvalue weighted by Crippen LogP contribution is 2.20. The van der Waals surface area contributed by atoms with Crippen LogP contribution in [-0.2, 0) is 6.54 Å². The smallest absolute Gasteiger partial charge is 0.219 e. The van der Waals surface area contributed by atoms with E-state index in [0.717, 1.165) is 16.9 Å². The van der Waals surface area contributed by atoms with Gasteiger partial charge in [0, 0.05) is 18.8 Å². The first-order chi connectivity index (χ1) is 7.78. The van der Waals surface area contributed by atoms with Crippen LogP contribution in [0.2, 0.25) is 0 Å². The van der Waals surface area contributed by atoms with Gasteiger partial charge < -0.3 is 10.5 Å². The van der Waals surface area contributed by atoms with Crippen LogP contribution >= 0.6 is 0 Å². The van der Waals surface area contributed by atoms with Gasteiger partial charge in [-0.1, -0.05) is 12.1 Å². The van der Waals surface area contributed by atoms with Crippen LogP contribution in [0.4, 0.5) is 0 Å². The van der Waals surface area contributed by atoms with E-state index in [1.54, 1.807) is 6.20 Å². The molecule has 0 unspecified atom stereocenters. The molecule has 1 aromatic carbocycles. The van der Waals surface area contributed by atoms with E-state index in [0.29, 0.717) is 12.4 Å². The SMILES string of the molecule is Cc1ccnc(Oc2cccc(CN)c2)c1. The summed E-state index contributed by atoms with van der Waals surface area (Å²) in [6.07, 6.45) is 1.73. The zero-order valence-corrected chi connectivity index (χ0v) is 9.18. The van der Waals surface area contributed by atoms with E-state index in [1.807, 2.05) is 43.3 Å².